The number of nitrogens with zero attached hydrogens (tertiary/aromatic N) is 1. The first-order valence-electron chi connectivity index (χ1n) is 12.5. The monoisotopic (exact) mass is 568 g/mol. The van der Waals surface area contributed by atoms with Crippen LogP contribution >= 0.6 is 11.6 Å². The van der Waals surface area contributed by atoms with Crippen LogP contribution < -0.4 is 20.7 Å². The Bertz CT molecular complexity index is 1360. The van der Waals surface area contributed by atoms with E-state index in [1.807, 2.05) is 0 Å². The van der Waals surface area contributed by atoms with E-state index in [4.69, 9.17) is 16.3 Å². The molecule has 0 aliphatic carbocycles. The number of Topliss-reactive ketones (excluding diaryl/α,β-unsaturated/α-hetero) is 1. The second kappa shape index (κ2) is 13.7. The first kappa shape index (κ1) is 30.2. The lowest BCUT2D eigenvalue weighted by Crippen LogP contribution is -2.56. The van der Waals surface area contributed by atoms with Gasteiger partial charge in [0.1, 0.15) is 12.1 Å². The predicted molar refractivity (Wildman–Crippen MR) is 147 cm³/mol. The highest BCUT2D eigenvalue weighted by molar-refractivity contribution is 6.38. The van der Waals surface area contributed by atoms with Crippen molar-refractivity contribution in [3.05, 3.63) is 95.0 Å². The topological polar surface area (TPSA) is 126 Å². The van der Waals surface area contributed by atoms with Crippen molar-refractivity contribution in [3.63, 3.8) is 0 Å². The van der Waals surface area contributed by atoms with Crippen molar-refractivity contribution in [1.82, 2.24) is 20.9 Å². The van der Waals surface area contributed by atoms with E-state index in [2.05, 4.69) is 20.9 Å². The van der Waals surface area contributed by atoms with Crippen molar-refractivity contribution in [2.24, 2.45) is 0 Å². The molecule has 9 nitrogen and oxygen atoms in total. The number of hydrogen-bond acceptors (Lipinski definition) is 6. The maximum absolute atomic E-state index is 14.2. The Kier molecular flexibility index (Phi) is 10.3. The van der Waals surface area contributed by atoms with E-state index in [-0.39, 0.29) is 23.7 Å². The second-order valence-corrected chi connectivity index (χ2v) is 9.94. The molecule has 0 fully saturated rings. The van der Waals surface area contributed by atoms with E-state index in [1.165, 1.54) is 32.9 Å². The van der Waals surface area contributed by atoms with Gasteiger partial charge in [-0.3, -0.25) is 24.2 Å². The summed E-state index contributed by atoms with van der Waals surface area (Å²) < 4.78 is 19.7. The van der Waals surface area contributed by atoms with Gasteiger partial charge in [-0.1, -0.05) is 48.0 Å². The average Bonchev–Trinajstić information content (AvgIpc) is 2.93. The van der Waals surface area contributed by atoms with Gasteiger partial charge in [0.25, 0.3) is 11.8 Å². The molecule has 1 aromatic heterocycles. The van der Waals surface area contributed by atoms with Crippen molar-refractivity contribution < 1.29 is 28.3 Å². The molecule has 0 spiro atoms. The molecule has 3 amide bonds. The van der Waals surface area contributed by atoms with Crippen LogP contribution in [0.5, 0.6) is 5.75 Å². The zero-order valence-corrected chi connectivity index (χ0v) is 23.0. The molecular formula is C29H30ClFN4O5. The molecule has 2 atom stereocenters. The van der Waals surface area contributed by atoms with Crippen molar-refractivity contribution >= 4 is 35.1 Å². The number of ether oxygens (including phenoxy) is 1. The van der Waals surface area contributed by atoms with E-state index < -0.39 is 47.0 Å². The zero-order chi connectivity index (χ0) is 29.3. The summed E-state index contributed by atoms with van der Waals surface area (Å²) >= 11 is 5.76. The fourth-order valence-corrected chi connectivity index (χ4v) is 3.75. The Hall–Kier alpha value is -4.31. The predicted octanol–water partition coefficient (Wildman–Crippen LogP) is 3.15. The molecule has 0 bridgehead atoms. The Balaban J connectivity index is 1.66. The Morgan fingerprint density at radius 1 is 1.00 bits per heavy atom. The first-order valence-corrected chi connectivity index (χ1v) is 12.9. The van der Waals surface area contributed by atoms with Crippen LogP contribution in [0.15, 0.2) is 72.9 Å². The lowest BCUT2D eigenvalue weighted by Gasteiger charge is -2.27. The molecule has 0 saturated carbocycles. The lowest BCUT2D eigenvalue weighted by atomic mass is 10.0. The molecule has 3 N–H and O–H groups in total. The van der Waals surface area contributed by atoms with Gasteiger partial charge < -0.3 is 20.7 Å². The van der Waals surface area contributed by atoms with Gasteiger partial charge in [0.15, 0.2) is 17.2 Å². The summed E-state index contributed by atoms with van der Waals surface area (Å²) in [6.07, 6.45) is 1.61. The maximum Gasteiger partial charge on any atom is 0.289 e. The number of carbonyl (C=O) groups excluding carboxylic acids is 4. The third kappa shape index (κ3) is 8.60. The summed E-state index contributed by atoms with van der Waals surface area (Å²) in [7, 11) is 0. The molecule has 0 aliphatic heterocycles. The summed E-state index contributed by atoms with van der Waals surface area (Å²) in [5.41, 5.74) is -0.282. The van der Waals surface area contributed by atoms with Gasteiger partial charge in [0.05, 0.1) is 12.2 Å². The molecule has 3 rings (SSSR count). The van der Waals surface area contributed by atoms with Gasteiger partial charge in [-0.25, -0.2) is 4.39 Å². The first-order chi connectivity index (χ1) is 19.0. The number of rotatable bonds is 12. The number of carbonyl (C=O) groups is 4. The smallest absolute Gasteiger partial charge is 0.289 e. The highest BCUT2D eigenvalue weighted by Gasteiger charge is 2.34. The van der Waals surface area contributed by atoms with E-state index in [0.29, 0.717) is 5.69 Å². The highest BCUT2D eigenvalue weighted by atomic mass is 35.5. The van der Waals surface area contributed by atoms with Crippen LogP contribution in [0.1, 0.15) is 32.0 Å². The SMILES string of the molecule is C[C@@H](NC(=O)C(C)(C)Oc1ccc(Cl)cc1F)C(=O)N[C@H](Cc1ccccc1)C(=O)C(=O)NCc1ccccn1. The lowest BCUT2D eigenvalue weighted by molar-refractivity contribution is -0.141. The van der Waals surface area contributed by atoms with Gasteiger partial charge >= 0.3 is 0 Å². The number of ketones is 1. The third-order valence-electron chi connectivity index (χ3n) is 5.84. The van der Waals surface area contributed by atoms with Crippen LogP contribution in [0.3, 0.4) is 0 Å². The second-order valence-electron chi connectivity index (χ2n) is 9.50. The fraction of sp³-hybridized carbons (Fsp3) is 0.276. The zero-order valence-electron chi connectivity index (χ0n) is 22.2. The Morgan fingerprint density at radius 2 is 1.70 bits per heavy atom. The fourth-order valence-electron chi connectivity index (χ4n) is 3.59. The molecule has 0 aliphatic rings. The molecule has 0 radical (unpaired) electrons. The van der Waals surface area contributed by atoms with E-state index >= 15 is 0 Å². The molecule has 3 aromatic rings. The van der Waals surface area contributed by atoms with Crippen molar-refractivity contribution in [2.45, 2.75) is 51.4 Å². The van der Waals surface area contributed by atoms with Crippen LogP contribution in [0.2, 0.25) is 5.02 Å². The molecule has 210 valence electrons. The van der Waals surface area contributed by atoms with Crippen LogP contribution in [0.4, 0.5) is 4.39 Å². The van der Waals surface area contributed by atoms with Crippen LogP contribution in [-0.4, -0.2) is 46.2 Å². The van der Waals surface area contributed by atoms with E-state index in [1.54, 1.807) is 54.7 Å². The number of pyridine rings is 1. The molecule has 0 saturated heterocycles. The summed E-state index contributed by atoms with van der Waals surface area (Å²) in [4.78, 5) is 55.8. The van der Waals surface area contributed by atoms with Gasteiger partial charge in [0.2, 0.25) is 11.7 Å². The normalized spacial score (nSPS) is 12.5. The molecular weight excluding hydrogens is 539 g/mol. The van der Waals surface area contributed by atoms with Crippen LogP contribution in [0.25, 0.3) is 0 Å². The van der Waals surface area contributed by atoms with Crippen molar-refractivity contribution in [2.75, 3.05) is 0 Å². The largest absolute Gasteiger partial charge is 0.475 e. The Labute approximate surface area is 236 Å². The Morgan fingerprint density at radius 3 is 2.35 bits per heavy atom. The number of nitrogens with one attached hydrogen (secondary N) is 3. The van der Waals surface area contributed by atoms with Crippen LogP contribution in [0, 0.1) is 5.82 Å². The summed E-state index contributed by atoms with van der Waals surface area (Å²) in [5, 5.41) is 7.77. The summed E-state index contributed by atoms with van der Waals surface area (Å²) in [5.74, 6) is -4.08. The van der Waals surface area contributed by atoms with Crippen molar-refractivity contribution in [3.8, 4) is 5.75 Å². The van der Waals surface area contributed by atoms with E-state index in [9.17, 15) is 23.6 Å². The quantitative estimate of drug-likeness (QED) is 0.288. The summed E-state index contributed by atoms with van der Waals surface area (Å²) in [6, 6.07) is 15.5. The molecule has 1 heterocycles. The minimum absolute atomic E-state index is 0.0349. The van der Waals surface area contributed by atoms with Crippen LogP contribution in [-0.2, 0) is 32.1 Å². The number of amides is 3. The van der Waals surface area contributed by atoms with Gasteiger partial charge in [0, 0.05) is 17.6 Å². The molecule has 11 heteroatoms. The minimum Gasteiger partial charge on any atom is -0.475 e. The number of halogens is 2. The number of hydrogen-bond donors (Lipinski definition) is 3. The number of aromatic nitrogens is 1. The van der Waals surface area contributed by atoms with Crippen molar-refractivity contribution in [1.29, 1.82) is 0 Å². The highest BCUT2D eigenvalue weighted by Crippen LogP contribution is 2.25. The average molecular weight is 569 g/mol. The summed E-state index contributed by atoms with van der Waals surface area (Å²) in [6.45, 7) is 4.27. The third-order valence-corrected chi connectivity index (χ3v) is 6.08. The van der Waals surface area contributed by atoms with Gasteiger partial charge in [-0.15, -0.1) is 0 Å². The molecule has 2 aromatic carbocycles. The maximum atomic E-state index is 14.2. The van der Waals surface area contributed by atoms with E-state index in [0.717, 1.165) is 11.6 Å². The number of benzene rings is 2. The minimum atomic E-state index is -1.56. The van der Waals surface area contributed by atoms with Gasteiger partial charge in [-0.2, -0.15) is 0 Å². The standard InChI is InChI=1S/C29H30ClFN4O5/c1-18(34-28(39)29(2,3)40-24-13-12-20(30)16-22(24)31)26(37)35-23(15-19-9-5-4-6-10-19)25(36)27(38)33-17-21-11-7-8-14-32-21/h4-14,16,18,23H,15,17H2,1-3H3,(H,33,38)(H,34,39)(H,35,37)/t18-,23-/m1/s1. The van der Waals surface area contributed by atoms with Gasteiger partial charge in [-0.05, 0) is 56.7 Å². The molecule has 40 heavy (non-hydrogen) atoms. The molecule has 0 unspecified atom stereocenters.